The van der Waals surface area contributed by atoms with Crippen molar-refractivity contribution in [3.63, 3.8) is 0 Å². The van der Waals surface area contributed by atoms with E-state index in [1.165, 1.54) is 17.7 Å². The Morgan fingerprint density at radius 3 is 2.71 bits per heavy atom. The Labute approximate surface area is 136 Å². The van der Waals surface area contributed by atoms with E-state index in [4.69, 9.17) is 5.11 Å². The Kier molecular flexibility index (Phi) is 4.15. The fraction of sp³-hybridized carbons (Fsp3) is 0.333. The van der Waals surface area contributed by atoms with Gasteiger partial charge in [0.1, 0.15) is 6.17 Å². The van der Waals surface area contributed by atoms with Crippen LogP contribution < -0.4 is 10.9 Å². The van der Waals surface area contributed by atoms with Gasteiger partial charge in [0.25, 0.3) is 5.56 Å². The third kappa shape index (κ3) is 3.05. The molecule has 1 aliphatic rings. The minimum Gasteiger partial charge on any atom is -0.465 e. The molecule has 0 saturated carbocycles. The normalized spacial score (nSPS) is 20.2. The van der Waals surface area contributed by atoms with Crippen molar-refractivity contribution < 1.29 is 14.3 Å². The maximum Gasteiger partial charge on any atom is 0.407 e. The molecule has 3 heterocycles. The lowest BCUT2D eigenvalue weighted by molar-refractivity contribution is 0.152. The first kappa shape index (κ1) is 15.9. The van der Waals surface area contributed by atoms with Crippen molar-refractivity contribution in [1.82, 2.24) is 19.4 Å². The molecule has 8 nitrogen and oxygen atoms in total. The van der Waals surface area contributed by atoms with E-state index in [0.717, 1.165) is 4.90 Å². The van der Waals surface area contributed by atoms with E-state index >= 15 is 0 Å². The number of likely N-dealkylation sites (tertiary alicyclic amines) is 1. The molecule has 1 saturated heterocycles. The number of alkyl halides is 1. The molecule has 0 aromatic carbocycles. The molecule has 126 valence electrons. The highest BCUT2D eigenvalue weighted by molar-refractivity contribution is 5.66. The Bertz CT molecular complexity index is 811. The number of amides is 1. The van der Waals surface area contributed by atoms with Gasteiger partial charge in [0.15, 0.2) is 0 Å². The molecule has 2 N–H and O–H groups in total. The second-order valence-corrected chi connectivity index (χ2v) is 5.55. The van der Waals surface area contributed by atoms with E-state index in [0.29, 0.717) is 11.3 Å². The summed E-state index contributed by atoms with van der Waals surface area (Å²) in [7, 11) is 1.52. The summed E-state index contributed by atoms with van der Waals surface area (Å²) in [4.78, 5) is 32.4. The van der Waals surface area contributed by atoms with Gasteiger partial charge in [-0.2, -0.15) is 0 Å². The number of hydrogen-bond acceptors (Lipinski definition) is 5. The highest BCUT2D eigenvalue weighted by Gasteiger charge is 2.36. The number of carbonyl (C=O) groups is 1. The molecule has 0 unspecified atom stereocenters. The van der Waals surface area contributed by atoms with Gasteiger partial charge in [0.2, 0.25) is 5.95 Å². The van der Waals surface area contributed by atoms with Gasteiger partial charge in [0, 0.05) is 37.6 Å². The Hall–Kier alpha value is -2.97. The molecule has 2 aromatic rings. The van der Waals surface area contributed by atoms with Gasteiger partial charge in [-0.05, 0) is 12.1 Å². The second-order valence-electron chi connectivity index (χ2n) is 5.55. The molecule has 1 fully saturated rings. The third-order valence-electron chi connectivity index (χ3n) is 3.94. The SMILES string of the molecule is Cn1c(N[C@@H]2CN(C(=O)O)C[C@@H]2F)nc(-c2ccncc2)cc1=O. The first-order valence-electron chi connectivity index (χ1n) is 7.32. The summed E-state index contributed by atoms with van der Waals surface area (Å²) in [6.45, 7) is -0.211. The third-order valence-corrected chi connectivity index (χ3v) is 3.94. The smallest absolute Gasteiger partial charge is 0.407 e. The summed E-state index contributed by atoms with van der Waals surface area (Å²) < 4.78 is 15.3. The summed E-state index contributed by atoms with van der Waals surface area (Å²) in [5.41, 5.74) is 0.843. The van der Waals surface area contributed by atoms with Crippen LogP contribution in [0.25, 0.3) is 11.3 Å². The molecule has 1 amide bonds. The van der Waals surface area contributed by atoms with Crippen LogP contribution >= 0.6 is 0 Å². The van der Waals surface area contributed by atoms with Gasteiger partial charge in [-0.1, -0.05) is 0 Å². The summed E-state index contributed by atoms with van der Waals surface area (Å²) in [5.74, 6) is 0.189. The van der Waals surface area contributed by atoms with Crippen molar-refractivity contribution in [3.05, 3.63) is 40.9 Å². The van der Waals surface area contributed by atoms with Gasteiger partial charge in [-0.15, -0.1) is 0 Å². The molecule has 24 heavy (non-hydrogen) atoms. The zero-order chi connectivity index (χ0) is 17.3. The summed E-state index contributed by atoms with van der Waals surface area (Å²) in [6.07, 6.45) is 0.624. The lowest BCUT2D eigenvalue weighted by Crippen LogP contribution is -2.34. The van der Waals surface area contributed by atoms with E-state index in [-0.39, 0.29) is 24.6 Å². The van der Waals surface area contributed by atoms with Crippen LogP contribution in [-0.2, 0) is 7.05 Å². The van der Waals surface area contributed by atoms with Crippen molar-refractivity contribution in [2.75, 3.05) is 18.4 Å². The summed E-state index contributed by atoms with van der Waals surface area (Å²) in [5, 5.41) is 11.8. The minimum absolute atomic E-state index is 0.00808. The highest BCUT2D eigenvalue weighted by Crippen LogP contribution is 2.20. The number of halogens is 1. The van der Waals surface area contributed by atoms with E-state index in [9.17, 15) is 14.0 Å². The molecule has 3 rings (SSSR count). The number of hydrogen-bond donors (Lipinski definition) is 2. The van der Waals surface area contributed by atoms with Crippen LogP contribution in [0.5, 0.6) is 0 Å². The maximum atomic E-state index is 14.0. The van der Waals surface area contributed by atoms with Crippen molar-refractivity contribution >= 4 is 12.0 Å². The molecule has 0 spiro atoms. The van der Waals surface area contributed by atoms with Gasteiger partial charge in [0.05, 0.1) is 18.3 Å². The zero-order valence-electron chi connectivity index (χ0n) is 12.9. The predicted octanol–water partition coefficient (Wildman–Crippen LogP) is 0.955. The van der Waals surface area contributed by atoms with Crippen molar-refractivity contribution in [3.8, 4) is 11.3 Å². The molecule has 0 aliphatic carbocycles. The fourth-order valence-corrected chi connectivity index (χ4v) is 2.56. The molecule has 2 atom stereocenters. The number of carboxylic acid groups (broad SMARTS) is 1. The lowest BCUT2D eigenvalue weighted by Gasteiger charge is -2.17. The molecule has 0 bridgehead atoms. The van der Waals surface area contributed by atoms with Crippen LogP contribution in [0.1, 0.15) is 0 Å². The molecular weight excluding hydrogens is 317 g/mol. The van der Waals surface area contributed by atoms with E-state index in [2.05, 4.69) is 15.3 Å². The van der Waals surface area contributed by atoms with Crippen molar-refractivity contribution in [2.45, 2.75) is 12.2 Å². The standard InChI is InChI=1S/C15H16FN5O3/c1-20-13(22)6-11(9-2-4-17-5-3-9)18-14(20)19-12-8-21(15(23)24)7-10(12)16/h2-6,10,12H,7-8H2,1H3,(H,18,19)(H,23,24)/t10-,12+/m0/s1. The molecular formula is C15H16FN5O3. The van der Waals surface area contributed by atoms with Crippen molar-refractivity contribution in [1.29, 1.82) is 0 Å². The van der Waals surface area contributed by atoms with E-state index in [1.54, 1.807) is 24.5 Å². The van der Waals surface area contributed by atoms with Crippen molar-refractivity contribution in [2.24, 2.45) is 7.05 Å². The van der Waals surface area contributed by atoms with Crippen LogP contribution in [0.3, 0.4) is 0 Å². The molecule has 2 aromatic heterocycles. The van der Waals surface area contributed by atoms with Crippen LogP contribution in [0.4, 0.5) is 15.1 Å². The lowest BCUT2D eigenvalue weighted by atomic mass is 10.2. The average molecular weight is 333 g/mol. The Balaban J connectivity index is 1.90. The Morgan fingerprint density at radius 1 is 1.38 bits per heavy atom. The van der Waals surface area contributed by atoms with Crippen LogP contribution in [0.2, 0.25) is 0 Å². The van der Waals surface area contributed by atoms with Crippen LogP contribution in [-0.4, -0.2) is 55.9 Å². The van der Waals surface area contributed by atoms with Gasteiger partial charge < -0.3 is 15.3 Å². The number of nitrogens with zero attached hydrogens (tertiary/aromatic N) is 4. The topological polar surface area (TPSA) is 100 Å². The predicted molar refractivity (Wildman–Crippen MR) is 84.6 cm³/mol. The zero-order valence-corrected chi connectivity index (χ0v) is 12.9. The molecule has 1 aliphatic heterocycles. The van der Waals surface area contributed by atoms with E-state index < -0.39 is 18.3 Å². The number of anilines is 1. The first-order chi connectivity index (χ1) is 11.5. The first-order valence-corrected chi connectivity index (χ1v) is 7.32. The molecule has 0 radical (unpaired) electrons. The Morgan fingerprint density at radius 2 is 2.08 bits per heavy atom. The summed E-state index contributed by atoms with van der Waals surface area (Å²) >= 11 is 0. The van der Waals surface area contributed by atoms with Gasteiger partial charge >= 0.3 is 6.09 Å². The largest absolute Gasteiger partial charge is 0.465 e. The molecule has 9 heteroatoms. The fourth-order valence-electron chi connectivity index (χ4n) is 2.56. The number of aromatic nitrogens is 3. The minimum atomic E-state index is -1.37. The van der Waals surface area contributed by atoms with Gasteiger partial charge in [-0.3, -0.25) is 14.3 Å². The van der Waals surface area contributed by atoms with Crippen LogP contribution in [0.15, 0.2) is 35.4 Å². The van der Waals surface area contributed by atoms with Crippen LogP contribution in [0, 0.1) is 0 Å². The summed E-state index contributed by atoms with van der Waals surface area (Å²) in [6, 6.07) is 4.05. The van der Waals surface area contributed by atoms with Gasteiger partial charge in [-0.25, -0.2) is 14.2 Å². The number of pyridine rings is 1. The number of rotatable bonds is 3. The highest BCUT2D eigenvalue weighted by atomic mass is 19.1. The second kappa shape index (κ2) is 6.26. The quantitative estimate of drug-likeness (QED) is 0.867. The maximum absolute atomic E-state index is 14.0. The van der Waals surface area contributed by atoms with E-state index in [1.807, 2.05) is 0 Å². The number of nitrogens with one attached hydrogen (secondary N) is 1. The monoisotopic (exact) mass is 333 g/mol. The average Bonchev–Trinajstić information content (AvgIpc) is 2.93.